The molecule has 0 radical (unpaired) electrons. The van der Waals surface area contributed by atoms with Gasteiger partial charge in [0.2, 0.25) is 0 Å². The van der Waals surface area contributed by atoms with Crippen LogP contribution in [0.25, 0.3) is 22.8 Å². The van der Waals surface area contributed by atoms with E-state index in [9.17, 15) is 4.79 Å². The molecule has 0 saturated carbocycles. The third-order valence-corrected chi connectivity index (χ3v) is 4.70. The topological polar surface area (TPSA) is 70.7 Å². The Morgan fingerprint density at radius 3 is 2.52 bits per heavy atom. The molecule has 1 aliphatic rings. The van der Waals surface area contributed by atoms with Gasteiger partial charge in [-0.3, -0.25) is 9.78 Å². The summed E-state index contributed by atoms with van der Waals surface area (Å²) in [4.78, 5) is 24.4. The third kappa shape index (κ3) is 2.54. The maximum atomic E-state index is 12.5. The molecule has 5 heteroatoms. The van der Waals surface area contributed by atoms with Crippen molar-refractivity contribution in [2.24, 2.45) is 0 Å². The molecular formula is C20H18N4O. The number of aromatic amines is 1. The zero-order valence-electron chi connectivity index (χ0n) is 14.3. The zero-order valence-corrected chi connectivity index (χ0v) is 14.3. The minimum Gasteiger partial charge on any atom is -0.361 e. The van der Waals surface area contributed by atoms with Crippen LogP contribution in [0.2, 0.25) is 0 Å². The second-order valence-corrected chi connectivity index (χ2v) is 6.28. The molecule has 4 heterocycles. The van der Waals surface area contributed by atoms with E-state index in [1.807, 2.05) is 51.2 Å². The number of anilines is 1. The van der Waals surface area contributed by atoms with Crippen molar-refractivity contribution in [2.75, 3.05) is 5.32 Å². The largest absolute Gasteiger partial charge is 0.361 e. The van der Waals surface area contributed by atoms with Crippen LogP contribution in [0.15, 0.2) is 36.8 Å². The van der Waals surface area contributed by atoms with Crippen LogP contribution in [-0.2, 0) is 4.79 Å². The minimum absolute atomic E-state index is 0.125. The van der Waals surface area contributed by atoms with E-state index >= 15 is 0 Å². The van der Waals surface area contributed by atoms with E-state index in [0.717, 1.165) is 33.6 Å². The maximum Gasteiger partial charge on any atom is 0.257 e. The van der Waals surface area contributed by atoms with Crippen LogP contribution in [0.1, 0.15) is 28.1 Å². The summed E-state index contributed by atoms with van der Waals surface area (Å²) in [5.74, 6) is 0.493. The van der Waals surface area contributed by atoms with Gasteiger partial charge in [0.05, 0.1) is 5.57 Å². The van der Waals surface area contributed by atoms with Crippen molar-refractivity contribution >= 4 is 23.4 Å². The summed E-state index contributed by atoms with van der Waals surface area (Å²) in [6.07, 6.45) is 7.36. The van der Waals surface area contributed by atoms with Crippen molar-refractivity contribution in [3.05, 3.63) is 64.9 Å². The summed E-state index contributed by atoms with van der Waals surface area (Å²) in [7, 11) is 0. The van der Waals surface area contributed by atoms with E-state index in [0.29, 0.717) is 11.4 Å². The number of carbonyl (C=O) groups excluding carboxylic acids is 1. The SMILES string of the molecule is Cc1c[nH]c(C=C2C(=O)Nc3nc(C)c(-c4ccncc4)cc32)c1C. The van der Waals surface area contributed by atoms with Crippen molar-refractivity contribution < 1.29 is 4.79 Å². The Kier molecular flexibility index (Phi) is 3.50. The van der Waals surface area contributed by atoms with Gasteiger partial charge in [-0.05, 0) is 61.7 Å². The van der Waals surface area contributed by atoms with Crippen LogP contribution in [0.4, 0.5) is 5.82 Å². The highest BCUT2D eigenvalue weighted by Crippen LogP contribution is 2.36. The molecule has 1 aliphatic heterocycles. The van der Waals surface area contributed by atoms with E-state index in [1.54, 1.807) is 12.4 Å². The maximum absolute atomic E-state index is 12.5. The van der Waals surface area contributed by atoms with Crippen LogP contribution in [-0.4, -0.2) is 20.9 Å². The van der Waals surface area contributed by atoms with E-state index in [4.69, 9.17) is 0 Å². The molecule has 0 fully saturated rings. The molecule has 3 aromatic rings. The van der Waals surface area contributed by atoms with Gasteiger partial charge in [0.1, 0.15) is 5.82 Å². The Balaban J connectivity index is 1.87. The molecule has 25 heavy (non-hydrogen) atoms. The first kappa shape index (κ1) is 15.3. The number of fused-ring (bicyclic) bond motifs is 1. The Morgan fingerprint density at radius 2 is 1.84 bits per heavy atom. The van der Waals surface area contributed by atoms with Crippen LogP contribution in [0, 0.1) is 20.8 Å². The van der Waals surface area contributed by atoms with Crippen molar-refractivity contribution in [3.63, 3.8) is 0 Å². The van der Waals surface area contributed by atoms with Gasteiger partial charge in [-0.25, -0.2) is 4.98 Å². The molecular weight excluding hydrogens is 312 g/mol. The lowest BCUT2D eigenvalue weighted by Crippen LogP contribution is -2.04. The first-order chi connectivity index (χ1) is 12.0. The van der Waals surface area contributed by atoms with Gasteiger partial charge in [0.25, 0.3) is 5.91 Å². The van der Waals surface area contributed by atoms with Crippen LogP contribution in [0.3, 0.4) is 0 Å². The molecule has 0 bridgehead atoms. The van der Waals surface area contributed by atoms with Crippen molar-refractivity contribution in [1.29, 1.82) is 0 Å². The molecule has 0 aliphatic carbocycles. The van der Waals surface area contributed by atoms with Gasteiger partial charge in [-0.1, -0.05) is 0 Å². The number of carbonyl (C=O) groups is 1. The number of nitrogens with one attached hydrogen (secondary N) is 2. The highest BCUT2D eigenvalue weighted by molar-refractivity contribution is 6.34. The Hall–Kier alpha value is -3.21. The molecule has 4 rings (SSSR count). The molecule has 2 N–H and O–H groups in total. The highest BCUT2D eigenvalue weighted by Gasteiger charge is 2.27. The molecule has 0 unspecified atom stereocenters. The smallest absolute Gasteiger partial charge is 0.257 e. The normalized spacial score (nSPS) is 14.7. The zero-order chi connectivity index (χ0) is 17.6. The fourth-order valence-corrected chi connectivity index (χ4v) is 3.08. The molecule has 5 nitrogen and oxygen atoms in total. The number of aryl methyl sites for hydroxylation is 2. The van der Waals surface area contributed by atoms with Crippen molar-refractivity contribution in [1.82, 2.24) is 15.0 Å². The predicted octanol–water partition coefficient (Wildman–Crippen LogP) is 3.89. The molecule has 124 valence electrons. The fourth-order valence-electron chi connectivity index (χ4n) is 3.08. The first-order valence-electron chi connectivity index (χ1n) is 8.14. The Bertz CT molecular complexity index is 1020. The summed E-state index contributed by atoms with van der Waals surface area (Å²) in [5.41, 5.74) is 7.63. The fraction of sp³-hybridized carbons (Fsp3) is 0.150. The molecule has 0 aromatic carbocycles. The quantitative estimate of drug-likeness (QED) is 0.700. The van der Waals surface area contributed by atoms with Crippen molar-refractivity contribution in [3.8, 4) is 11.1 Å². The second kappa shape index (κ2) is 5.70. The molecule has 1 amide bonds. The van der Waals surface area contributed by atoms with Gasteiger partial charge in [-0.15, -0.1) is 0 Å². The molecule has 0 saturated heterocycles. The molecule has 0 spiro atoms. The lowest BCUT2D eigenvalue weighted by Gasteiger charge is -2.08. The highest BCUT2D eigenvalue weighted by atomic mass is 16.2. The van der Waals surface area contributed by atoms with Gasteiger partial charge in [0, 0.05) is 41.1 Å². The molecule has 3 aromatic heterocycles. The predicted molar refractivity (Wildman–Crippen MR) is 99.0 cm³/mol. The van der Waals surface area contributed by atoms with Gasteiger partial charge >= 0.3 is 0 Å². The van der Waals surface area contributed by atoms with E-state index in [2.05, 4.69) is 20.3 Å². The lowest BCUT2D eigenvalue weighted by molar-refractivity contribution is -0.110. The third-order valence-electron chi connectivity index (χ3n) is 4.70. The average Bonchev–Trinajstić information content (AvgIpc) is 3.08. The van der Waals surface area contributed by atoms with Gasteiger partial charge < -0.3 is 10.3 Å². The molecule has 0 atom stereocenters. The number of rotatable bonds is 2. The number of hydrogen-bond donors (Lipinski definition) is 2. The summed E-state index contributed by atoms with van der Waals surface area (Å²) in [5, 5.41) is 2.87. The summed E-state index contributed by atoms with van der Waals surface area (Å²) < 4.78 is 0. The van der Waals surface area contributed by atoms with Crippen LogP contribution >= 0.6 is 0 Å². The summed E-state index contributed by atoms with van der Waals surface area (Å²) >= 11 is 0. The average molecular weight is 330 g/mol. The second-order valence-electron chi connectivity index (χ2n) is 6.28. The Morgan fingerprint density at radius 1 is 1.08 bits per heavy atom. The van der Waals surface area contributed by atoms with Gasteiger partial charge in [-0.2, -0.15) is 0 Å². The van der Waals surface area contributed by atoms with E-state index < -0.39 is 0 Å². The Labute approximate surface area is 145 Å². The minimum atomic E-state index is -0.125. The number of H-pyrrole nitrogens is 1. The first-order valence-corrected chi connectivity index (χ1v) is 8.14. The number of pyridine rings is 2. The van der Waals surface area contributed by atoms with Gasteiger partial charge in [0.15, 0.2) is 0 Å². The number of aromatic nitrogens is 3. The number of nitrogens with zero attached hydrogens (tertiary/aromatic N) is 2. The van der Waals surface area contributed by atoms with Crippen LogP contribution < -0.4 is 5.32 Å². The summed E-state index contributed by atoms with van der Waals surface area (Å²) in [6.45, 7) is 6.03. The monoisotopic (exact) mass is 330 g/mol. The standard InChI is InChI=1S/C20H18N4O/c1-11-10-22-18(12(11)2)9-17-16-8-15(14-4-6-21-7-5-14)13(3)23-19(16)24-20(17)25/h4-10,22H,1-3H3,(H,23,24,25). The van der Waals surface area contributed by atoms with E-state index in [1.165, 1.54) is 5.56 Å². The van der Waals surface area contributed by atoms with Crippen LogP contribution in [0.5, 0.6) is 0 Å². The van der Waals surface area contributed by atoms with E-state index in [-0.39, 0.29) is 5.91 Å². The number of amides is 1. The van der Waals surface area contributed by atoms with Crippen molar-refractivity contribution in [2.45, 2.75) is 20.8 Å². The summed E-state index contributed by atoms with van der Waals surface area (Å²) in [6, 6.07) is 5.92. The lowest BCUT2D eigenvalue weighted by atomic mass is 9.99. The number of hydrogen-bond acceptors (Lipinski definition) is 3.